The minimum absolute atomic E-state index is 0.0209. The monoisotopic (exact) mass is 428 g/mol. The molecule has 1 aliphatic rings. The van der Waals surface area contributed by atoms with E-state index in [4.69, 9.17) is 23.2 Å². The molecule has 1 N–H and O–H groups in total. The first-order valence-corrected chi connectivity index (χ1v) is 10.4. The summed E-state index contributed by atoms with van der Waals surface area (Å²) in [7, 11) is 0. The number of aromatic amines is 1. The van der Waals surface area contributed by atoms with Gasteiger partial charge < -0.3 is 4.98 Å². The minimum atomic E-state index is -0.0209. The van der Waals surface area contributed by atoms with E-state index in [1.165, 1.54) is 0 Å². The van der Waals surface area contributed by atoms with Crippen LogP contribution in [0.5, 0.6) is 0 Å². The van der Waals surface area contributed by atoms with E-state index in [1.54, 1.807) is 6.07 Å². The maximum Gasteiger partial charge on any atom is 0.255 e. The van der Waals surface area contributed by atoms with E-state index >= 15 is 0 Å². The Hall–Kier alpha value is -2.21. The molecule has 0 radical (unpaired) electrons. The van der Waals surface area contributed by atoms with Crippen LogP contribution in [0.3, 0.4) is 0 Å². The third-order valence-electron chi connectivity index (χ3n) is 5.17. The lowest BCUT2D eigenvalue weighted by molar-refractivity contribution is 0.241. The van der Waals surface area contributed by atoms with Gasteiger partial charge in [-0.2, -0.15) is 0 Å². The van der Waals surface area contributed by atoms with Crippen LogP contribution in [-0.4, -0.2) is 26.4 Å². The highest BCUT2D eigenvalue weighted by Gasteiger charge is 2.22. The zero-order valence-corrected chi connectivity index (χ0v) is 17.9. The molecular weight excluding hydrogens is 407 g/mol. The van der Waals surface area contributed by atoms with Crippen molar-refractivity contribution in [3.05, 3.63) is 79.6 Å². The summed E-state index contributed by atoms with van der Waals surface area (Å²) in [5.41, 5.74) is 4.36. The Morgan fingerprint density at radius 2 is 2.03 bits per heavy atom. The molecule has 1 aromatic carbocycles. The van der Waals surface area contributed by atoms with Crippen LogP contribution in [0.25, 0.3) is 11.3 Å². The molecule has 0 saturated heterocycles. The smallest absolute Gasteiger partial charge is 0.255 e. The van der Waals surface area contributed by atoms with Crippen molar-refractivity contribution >= 4 is 23.2 Å². The van der Waals surface area contributed by atoms with Crippen molar-refractivity contribution in [1.29, 1.82) is 0 Å². The van der Waals surface area contributed by atoms with Gasteiger partial charge in [0.1, 0.15) is 5.82 Å². The summed E-state index contributed by atoms with van der Waals surface area (Å²) in [5, 5.41) is 1.02. The Morgan fingerprint density at radius 3 is 2.76 bits per heavy atom. The van der Waals surface area contributed by atoms with Gasteiger partial charge in [-0.25, -0.2) is 4.98 Å². The minimum Gasteiger partial charge on any atom is -0.310 e. The van der Waals surface area contributed by atoms with E-state index in [0.29, 0.717) is 16.6 Å². The molecular formula is C22H22Cl2N4O. The molecule has 0 bridgehead atoms. The van der Waals surface area contributed by atoms with E-state index in [-0.39, 0.29) is 11.5 Å². The predicted octanol–water partition coefficient (Wildman–Crippen LogP) is 4.82. The van der Waals surface area contributed by atoms with Gasteiger partial charge in [-0.1, -0.05) is 55.2 Å². The molecule has 5 nitrogen and oxygen atoms in total. The van der Waals surface area contributed by atoms with Crippen LogP contribution in [0.15, 0.2) is 41.3 Å². The molecule has 7 heteroatoms. The number of pyridine rings is 1. The van der Waals surface area contributed by atoms with Gasteiger partial charge in [0.05, 0.1) is 27.0 Å². The summed E-state index contributed by atoms with van der Waals surface area (Å²) in [4.78, 5) is 26.9. The predicted molar refractivity (Wildman–Crippen MR) is 116 cm³/mol. The van der Waals surface area contributed by atoms with Gasteiger partial charge in [0.25, 0.3) is 5.56 Å². The van der Waals surface area contributed by atoms with Crippen LogP contribution in [0.1, 0.15) is 42.4 Å². The van der Waals surface area contributed by atoms with E-state index in [0.717, 1.165) is 53.4 Å². The SMILES string of the molecule is CC(C)c1nc2c(c(=O)[nH]1)CN(Cc1ccc(-c3cccc(Cl)c3Cl)nc1)CC2. The van der Waals surface area contributed by atoms with Crippen molar-refractivity contribution in [1.82, 2.24) is 19.9 Å². The van der Waals surface area contributed by atoms with Crippen molar-refractivity contribution in [2.24, 2.45) is 0 Å². The van der Waals surface area contributed by atoms with Gasteiger partial charge >= 0.3 is 0 Å². The molecule has 3 aromatic rings. The third kappa shape index (κ3) is 4.22. The van der Waals surface area contributed by atoms with Crippen LogP contribution in [0, 0.1) is 0 Å². The average Bonchev–Trinajstić information content (AvgIpc) is 2.71. The fourth-order valence-corrected chi connectivity index (χ4v) is 3.94. The maximum atomic E-state index is 12.5. The van der Waals surface area contributed by atoms with Gasteiger partial charge in [-0.3, -0.25) is 14.7 Å². The lowest BCUT2D eigenvalue weighted by Crippen LogP contribution is -2.36. The summed E-state index contributed by atoms with van der Waals surface area (Å²) >= 11 is 12.4. The summed E-state index contributed by atoms with van der Waals surface area (Å²) in [6.07, 6.45) is 2.63. The maximum absolute atomic E-state index is 12.5. The van der Waals surface area contributed by atoms with Crippen molar-refractivity contribution in [2.75, 3.05) is 6.54 Å². The topological polar surface area (TPSA) is 61.9 Å². The second-order valence-corrected chi connectivity index (χ2v) is 8.43. The molecule has 0 aliphatic carbocycles. The van der Waals surface area contributed by atoms with Crippen LogP contribution in [-0.2, 0) is 19.5 Å². The fourth-order valence-electron chi connectivity index (χ4n) is 3.55. The van der Waals surface area contributed by atoms with E-state index in [9.17, 15) is 4.79 Å². The largest absolute Gasteiger partial charge is 0.310 e. The van der Waals surface area contributed by atoms with Gasteiger partial charge in [0.15, 0.2) is 0 Å². The molecule has 2 aromatic heterocycles. The van der Waals surface area contributed by atoms with Crippen LogP contribution in [0.4, 0.5) is 0 Å². The zero-order valence-electron chi connectivity index (χ0n) is 16.4. The number of H-pyrrole nitrogens is 1. The molecule has 0 spiro atoms. The zero-order chi connectivity index (χ0) is 20.5. The van der Waals surface area contributed by atoms with Gasteiger partial charge in [-0.15, -0.1) is 0 Å². The standard InChI is InChI=1S/C22H22Cl2N4O/c1-13(2)21-26-19-8-9-28(12-16(19)22(29)27-21)11-14-6-7-18(25-10-14)15-4-3-5-17(23)20(15)24/h3-7,10,13H,8-9,11-12H2,1-2H3,(H,26,27,29). The van der Waals surface area contributed by atoms with E-state index in [1.807, 2.05) is 44.3 Å². The quantitative estimate of drug-likeness (QED) is 0.646. The number of rotatable bonds is 4. The Kier molecular flexibility index (Phi) is 5.72. The number of halogens is 2. The number of hydrogen-bond acceptors (Lipinski definition) is 4. The number of aromatic nitrogens is 3. The lowest BCUT2D eigenvalue weighted by atomic mass is 10.0. The van der Waals surface area contributed by atoms with Crippen molar-refractivity contribution in [3.8, 4) is 11.3 Å². The number of fused-ring (bicyclic) bond motifs is 1. The summed E-state index contributed by atoms with van der Waals surface area (Å²) < 4.78 is 0. The van der Waals surface area contributed by atoms with Crippen molar-refractivity contribution in [2.45, 2.75) is 39.3 Å². The first-order valence-electron chi connectivity index (χ1n) is 9.66. The second-order valence-electron chi connectivity index (χ2n) is 7.64. The highest BCUT2D eigenvalue weighted by molar-refractivity contribution is 6.43. The Labute approximate surface area is 179 Å². The lowest BCUT2D eigenvalue weighted by Gasteiger charge is -2.28. The van der Waals surface area contributed by atoms with E-state index in [2.05, 4.69) is 19.9 Å². The van der Waals surface area contributed by atoms with E-state index < -0.39 is 0 Å². The molecule has 1 aliphatic heterocycles. The molecule has 4 rings (SSSR count). The number of nitrogens with zero attached hydrogens (tertiary/aromatic N) is 3. The highest BCUT2D eigenvalue weighted by Crippen LogP contribution is 2.32. The van der Waals surface area contributed by atoms with Gasteiger partial charge in [-0.05, 0) is 17.7 Å². The second kappa shape index (κ2) is 8.27. The van der Waals surface area contributed by atoms with Crippen LogP contribution < -0.4 is 5.56 Å². The molecule has 150 valence electrons. The fraction of sp³-hybridized carbons (Fsp3) is 0.318. The molecule has 0 amide bonds. The number of benzene rings is 1. The van der Waals surface area contributed by atoms with Crippen LogP contribution in [0.2, 0.25) is 10.0 Å². The Balaban J connectivity index is 1.50. The summed E-state index contributed by atoms with van der Waals surface area (Å²) in [6, 6.07) is 9.52. The van der Waals surface area contributed by atoms with Gasteiger partial charge in [0.2, 0.25) is 0 Å². The average molecular weight is 429 g/mol. The Morgan fingerprint density at radius 1 is 1.21 bits per heavy atom. The first-order chi connectivity index (χ1) is 13.9. The molecule has 3 heterocycles. The van der Waals surface area contributed by atoms with Crippen LogP contribution >= 0.6 is 23.2 Å². The molecule has 0 unspecified atom stereocenters. The van der Waals surface area contributed by atoms with Gasteiger partial charge in [0, 0.05) is 43.7 Å². The number of nitrogens with one attached hydrogen (secondary N) is 1. The molecule has 0 atom stereocenters. The van der Waals surface area contributed by atoms with Crippen molar-refractivity contribution < 1.29 is 0 Å². The third-order valence-corrected chi connectivity index (χ3v) is 5.99. The van der Waals surface area contributed by atoms with Crippen molar-refractivity contribution in [3.63, 3.8) is 0 Å². The normalized spacial score (nSPS) is 14.2. The summed E-state index contributed by atoms with van der Waals surface area (Å²) in [6.45, 7) is 6.25. The molecule has 29 heavy (non-hydrogen) atoms. The first kappa shape index (κ1) is 20.1. The molecule has 0 fully saturated rings. The Bertz CT molecular complexity index is 1090. The molecule has 0 saturated carbocycles. The number of hydrogen-bond donors (Lipinski definition) is 1. The highest BCUT2D eigenvalue weighted by atomic mass is 35.5. The summed E-state index contributed by atoms with van der Waals surface area (Å²) in [5.74, 6) is 0.977.